The van der Waals surface area contributed by atoms with Gasteiger partial charge in [0.05, 0.1) is 13.0 Å². The third-order valence-electron chi connectivity index (χ3n) is 4.76. The lowest BCUT2D eigenvalue weighted by molar-refractivity contribution is -0.130. The van der Waals surface area contributed by atoms with Gasteiger partial charge in [-0.25, -0.2) is 0 Å². The van der Waals surface area contributed by atoms with Crippen LogP contribution in [0.25, 0.3) is 0 Å². The Balaban J connectivity index is 1.40. The summed E-state index contributed by atoms with van der Waals surface area (Å²) in [5.41, 5.74) is 6.72. The van der Waals surface area contributed by atoms with Crippen LogP contribution < -0.4 is 15.6 Å². The van der Waals surface area contributed by atoms with E-state index in [0.29, 0.717) is 31.0 Å². The third-order valence-corrected chi connectivity index (χ3v) is 4.76. The van der Waals surface area contributed by atoms with E-state index in [9.17, 15) is 4.79 Å². The quantitative estimate of drug-likeness (QED) is 0.837. The van der Waals surface area contributed by atoms with Crippen LogP contribution in [0, 0.1) is 5.92 Å². The Morgan fingerprint density at radius 1 is 1.27 bits per heavy atom. The molecule has 1 aliphatic heterocycles. The molecule has 22 heavy (non-hydrogen) atoms. The second-order valence-electron chi connectivity index (χ2n) is 6.28. The lowest BCUT2D eigenvalue weighted by atomic mass is 9.97. The van der Waals surface area contributed by atoms with Gasteiger partial charge in [0.1, 0.15) is 5.75 Å². The molecule has 1 saturated carbocycles. The number of hydrazine groups is 1. The largest absolute Gasteiger partial charge is 0.493 e. The summed E-state index contributed by atoms with van der Waals surface area (Å²) in [6, 6.07) is 10.6. The summed E-state index contributed by atoms with van der Waals surface area (Å²) in [5.74, 6) is 1.61. The number of carbonyl (C=O) groups is 1. The van der Waals surface area contributed by atoms with Crippen molar-refractivity contribution in [3.05, 3.63) is 30.3 Å². The van der Waals surface area contributed by atoms with Crippen molar-refractivity contribution in [2.45, 2.75) is 37.8 Å². The molecule has 3 unspecified atom stereocenters. The highest BCUT2D eigenvalue weighted by molar-refractivity contribution is 5.76. The first kappa shape index (κ1) is 15.3. The summed E-state index contributed by atoms with van der Waals surface area (Å²) in [7, 11) is 1.88. The molecular weight excluding hydrogens is 278 g/mol. The zero-order chi connectivity index (χ0) is 15.4. The Morgan fingerprint density at radius 3 is 2.91 bits per heavy atom. The van der Waals surface area contributed by atoms with E-state index < -0.39 is 0 Å². The van der Waals surface area contributed by atoms with Crippen LogP contribution in [-0.4, -0.2) is 43.1 Å². The molecule has 3 rings (SSSR count). The van der Waals surface area contributed by atoms with E-state index in [4.69, 9.17) is 4.74 Å². The maximum Gasteiger partial charge on any atom is 0.225 e. The van der Waals surface area contributed by atoms with Gasteiger partial charge >= 0.3 is 0 Å². The predicted molar refractivity (Wildman–Crippen MR) is 85.4 cm³/mol. The lowest BCUT2D eigenvalue weighted by Crippen LogP contribution is -2.43. The molecule has 1 aliphatic carbocycles. The van der Waals surface area contributed by atoms with Crippen molar-refractivity contribution in [1.29, 1.82) is 0 Å². The predicted octanol–water partition coefficient (Wildman–Crippen LogP) is 1.56. The fraction of sp³-hybridized carbons (Fsp3) is 0.588. The molecule has 5 nitrogen and oxygen atoms in total. The standard InChI is InChI=1S/C17H25N3O2/c1-20(12-16-14-8-5-9-15(14)18-19-16)17(21)10-11-22-13-6-3-2-4-7-13/h2-4,6-7,14-16,18-19H,5,8-12H2,1H3. The molecule has 1 amide bonds. The Bertz CT molecular complexity index is 494. The molecule has 2 fully saturated rings. The SMILES string of the molecule is CN(CC1NNC2CCCC21)C(=O)CCOc1ccccc1. The van der Waals surface area contributed by atoms with Crippen molar-refractivity contribution < 1.29 is 9.53 Å². The summed E-state index contributed by atoms with van der Waals surface area (Å²) in [6.45, 7) is 1.19. The third kappa shape index (κ3) is 3.59. The first-order valence-electron chi connectivity index (χ1n) is 8.17. The summed E-state index contributed by atoms with van der Waals surface area (Å²) >= 11 is 0. The molecule has 1 aromatic rings. The normalized spacial score (nSPS) is 26.7. The van der Waals surface area contributed by atoms with Crippen LogP contribution in [0.5, 0.6) is 5.75 Å². The van der Waals surface area contributed by atoms with Gasteiger partial charge in [0.2, 0.25) is 5.91 Å². The first-order chi connectivity index (χ1) is 10.7. The van der Waals surface area contributed by atoms with Crippen molar-refractivity contribution in [2.24, 2.45) is 5.92 Å². The topological polar surface area (TPSA) is 53.6 Å². The van der Waals surface area contributed by atoms with Gasteiger partial charge in [0, 0.05) is 25.7 Å². The Kier molecular flexibility index (Phi) is 4.95. The smallest absolute Gasteiger partial charge is 0.225 e. The van der Waals surface area contributed by atoms with Gasteiger partial charge in [-0.15, -0.1) is 0 Å². The van der Waals surface area contributed by atoms with Crippen molar-refractivity contribution in [3.63, 3.8) is 0 Å². The van der Waals surface area contributed by atoms with Crippen LogP contribution in [-0.2, 0) is 4.79 Å². The summed E-state index contributed by atoms with van der Waals surface area (Å²) in [5, 5.41) is 0. The number of hydrogen-bond acceptors (Lipinski definition) is 4. The summed E-state index contributed by atoms with van der Waals surface area (Å²) < 4.78 is 5.59. The number of nitrogens with one attached hydrogen (secondary N) is 2. The minimum Gasteiger partial charge on any atom is -0.493 e. The van der Waals surface area contributed by atoms with E-state index >= 15 is 0 Å². The van der Waals surface area contributed by atoms with Gasteiger partial charge in [-0.2, -0.15) is 0 Å². The van der Waals surface area contributed by atoms with Gasteiger partial charge in [-0.3, -0.25) is 15.6 Å². The van der Waals surface area contributed by atoms with Gasteiger partial charge in [-0.1, -0.05) is 24.6 Å². The first-order valence-corrected chi connectivity index (χ1v) is 8.17. The molecule has 0 bridgehead atoms. The number of para-hydroxylation sites is 1. The summed E-state index contributed by atoms with van der Waals surface area (Å²) in [6.07, 6.45) is 4.22. The van der Waals surface area contributed by atoms with Gasteiger partial charge in [0.15, 0.2) is 0 Å². The number of ether oxygens (including phenoxy) is 1. The van der Waals surface area contributed by atoms with E-state index in [1.807, 2.05) is 42.3 Å². The van der Waals surface area contributed by atoms with Gasteiger partial charge in [-0.05, 0) is 30.9 Å². The van der Waals surface area contributed by atoms with E-state index in [-0.39, 0.29) is 5.91 Å². The number of nitrogens with zero attached hydrogens (tertiary/aromatic N) is 1. The number of amides is 1. The number of fused-ring (bicyclic) bond motifs is 1. The second kappa shape index (κ2) is 7.11. The summed E-state index contributed by atoms with van der Waals surface area (Å²) in [4.78, 5) is 14.0. The van der Waals surface area contributed by atoms with E-state index in [2.05, 4.69) is 10.9 Å². The highest BCUT2D eigenvalue weighted by atomic mass is 16.5. The van der Waals surface area contributed by atoms with E-state index in [1.165, 1.54) is 19.3 Å². The molecule has 2 N–H and O–H groups in total. The highest BCUT2D eigenvalue weighted by Gasteiger charge is 2.39. The molecule has 0 radical (unpaired) electrons. The molecule has 1 saturated heterocycles. The Hall–Kier alpha value is -1.59. The fourth-order valence-corrected chi connectivity index (χ4v) is 3.51. The van der Waals surface area contributed by atoms with Crippen molar-refractivity contribution in [2.75, 3.05) is 20.2 Å². The molecule has 2 aliphatic rings. The van der Waals surface area contributed by atoms with E-state index in [1.54, 1.807) is 0 Å². The van der Waals surface area contributed by atoms with Crippen molar-refractivity contribution in [1.82, 2.24) is 15.8 Å². The zero-order valence-corrected chi connectivity index (χ0v) is 13.1. The molecule has 5 heteroatoms. The number of likely N-dealkylation sites (N-methyl/N-ethyl adjacent to an activating group) is 1. The van der Waals surface area contributed by atoms with Gasteiger partial charge < -0.3 is 9.64 Å². The minimum atomic E-state index is 0.138. The lowest BCUT2D eigenvalue weighted by Gasteiger charge is -2.24. The van der Waals surface area contributed by atoms with Crippen molar-refractivity contribution in [3.8, 4) is 5.75 Å². The van der Waals surface area contributed by atoms with E-state index in [0.717, 1.165) is 12.3 Å². The molecule has 120 valence electrons. The average molecular weight is 303 g/mol. The monoisotopic (exact) mass is 303 g/mol. The minimum absolute atomic E-state index is 0.138. The fourth-order valence-electron chi connectivity index (χ4n) is 3.51. The maximum atomic E-state index is 12.2. The van der Waals surface area contributed by atoms with Crippen LogP contribution in [0.4, 0.5) is 0 Å². The number of carbonyl (C=O) groups excluding carboxylic acids is 1. The number of rotatable bonds is 6. The molecular formula is C17H25N3O2. The van der Waals surface area contributed by atoms with Crippen LogP contribution in [0.2, 0.25) is 0 Å². The second-order valence-corrected chi connectivity index (χ2v) is 6.28. The number of hydrogen-bond donors (Lipinski definition) is 2. The van der Waals surface area contributed by atoms with Crippen LogP contribution in [0.1, 0.15) is 25.7 Å². The molecule has 1 heterocycles. The van der Waals surface area contributed by atoms with Gasteiger partial charge in [0.25, 0.3) is 0 Å². The Morgan fingerprint density at radius 2 is 2.09 bits per heavy atom. The molecule has 3 atom stereocenters. The Labute approximate surface area is 132 Å². The number of benzene rings is 1. The van der Waals surface area contributed by atoms with Crippen molar-refractivity contribution >= 4 is 5.91 Å². The zero-order valence-electron chi connectivity index (χ0n) is 13.1. The van der Waals surface area contributed by atoms with Crippen LogP contribution in [0.15, 0.2) is 30.3 Å². The molecule has 1 aromatic carbocycles. The highest BCUT2D eigenvalue weighted by Crippen LogP contribution is 2.31. The molecule has 0 aromatic heterocycles. The van der Waals surface area contributed by atoms with Crippen LogP contribution >= 0.6 is 0 Å². The van der Waals surface area contributed by atoms with Crippen LogP contribution in [0.3, 0.4) is 0 Å². The maximum absolute atomic E-state index is 12.2. The average Bonchev–Trinajstić information content (AvgIpc) is 3.13. The molecule has 0 spiro atoms.